The van der Waals surface area contributed by atoms with Gasteiger partial charge >= 0.3 is 5.97 Å². The smallest absolute Gasteiger partial charge is 0.305 e. The molecule has 16 heavy (non-hydrogen) atoms. The second-order valence-electron chi connectivity index (χ2n) is 3.57. The Hall–Kier alpha value is -1.71. The molecule has 0 radical (unpaired) electrons. The van der Waals surface area contributed by atoms with E-state index in [1.165, 1.54) is 0 Å². The number of carboxylic acid groups (broad SMARTS) is 1. The minimum atomic E-state index is -0.811. The molecule has 0 bridgehead atoms. The predicted octanol–water partition coefficient (Wildman–Crippen LogP) is 2.36. The lowest BCUT2D eigenvalue weighted by Gasteiger charge is -2.16. The highest BCUT2D eigenvalue weighted by Crippen LogP contribution is 2.24. The van der Waals surface area contributed by atoms with Crippen molar-refractivity contribution in [1.29, 1.82) is 0 Å². The van der Waals surface area contributed by atoms with Crippen LogP contribution in [0.3, 0.4) is 0 Å². The van der Waals surface area contributed by atoms with E-state index in [0.717, 1.165) is 11.4 Å². The van der Waals surface area contributed by atoms with Gasteiger partial charge in [-0.3, -0.25) is 4.79 Å². The molecule has 1 aromatic carbocycles. The predicted molar refractivity (Wildman–Crippen MR) is 62.9 cm³/mol. The second-order valence-corrected chi connectivity index (χ2v) is 3.57. The molecule has 88 valence electrons. The first-order chi connectivity index (χ1) is 7.63. The van der Waals surface area contributed by atoms with Gasteiger partial charge in [-0.05, 0) is 26.0 Å². The molecule has 0 aliphatic carbocycles. The van der Waals surface area contributed by atoms with E-state index in [-0.39, 0.29) is 12.5 Å². The molecule has 1 aromatic rings. The molecule has 1 rings (SSSR count). The van der Waals surface area contributed by atoms with E-state index >= 15 is 0 Å². The van der Waals surface area contributed by atoms with Gasteiger partial charge in [0, 0.05) is 6.04 Å². The lowest BCUT2D eigenvalue weighted by molar-refractivity contribution is -0.137. The lowest BCUT2D eigenvalue weighted by atomic mass is 10.2. The maximum absolute atomic E-state index is 10.5. The van der Waals surface area contributed by atoms with E-state index < -0.39 is 5.97 Å². The first-order valence-electron chi connectivity index (χ1n) is 5.33. The van der Waals surface area contributed by atoms with Crippen LogP contribution in [0.4, 0.5) is 5.69 Å². The molecule has 0 saturated carbocycles. The molecule has 4 nitrogen and oxygen atoms in total. The first kappa shape index (κ1) is 12.4. The summed E-state index contributed by atoms with van der Waals surface area (Å²) in [5.41, 5.74) is 0.832. The zero-order chi connectivity index (χ0) is 12.0. The van der Waals surface area contributed by atoms with Crippen molar-refractivity contribution in [3.63, 3.8) is 0 Å². The molecule has 0 saturated heterocycles. The van der Waals surface area contributed by atoms with Crippen molar-refractivity contribution < 1.29 is 14.6 Å². The minimum absolute atomic E-state index is 0.0838. The van der Waals surface area contributed by atoms with Crippen LogP contribution in [0.5, 0.6) is 5.75 Å². The quantitative estimate of drug-likeness (QED) is 0.777. The number of ether oxygens (including phenoxy) is 1. The monoisotopic (exact) mass is 223 g/mol. The van der Waals surface area contributed by atoms with E-state index in [0.29, 0.717) is 6.61 Å². The van der Waals surface area contributed by atoms with Gasteiger partial charge in [0.25, 0.3) is 0 Å². The van der Waals surface area contributed by atoms with Gasteiger partial charge in [0.2, 0.25) is 0 Å². The number of nitrogens with one attached hydrogen (secondary N) is 1. The van der Waals surface area contributed by atoms with Crippen molar-refractivity contribution in [2.45, 2.75) is 26.3 Å². The van der Waals surface area contributed by atoms with E-state index in [9.17, 15) is 4.79 Å². The van der Waals surface area contributed by atoms with Crippen molar-refractivity contribution >= 4 is 11.7 Å². The molecule has 1 unspecified atom stereocenters. The Morgan fingerprint density at radius 2 is 2.19 bits per heavy atom. The number of hydrogen-bond donors (Lipinski definition) is 2. The molecule has 0 fully saturated rings. The van der Waals surface area contributed by atoms with E-state index in [1.54, 1.807) is 0 Å². The number of hydrogen-bond acceptors (Lipinski definition) is 3. The summed E-state index contributed by atoms with van der Waals surface area (Å²) in [6.45, 7) is 4.33. The van der Waals surface area contributed by atoms with Crippen LogP contribution in [0, 0.1) is 0 Å². The summed E-state index contributed by atoms with van der Waals surface area (Å²) in [5, 5.41) is 11.8. The first-order valence-corrected chi connectivity index (χ1v) is 5.33. The van der Waals surface area contributed by atoms with E-state index in [4.69, 9.17) is 9.84 Å². The van der Waals surface area contributed by atoms with Gasteiger partial charge in [0.1, 0.15) is 5.75 Å². The normalized spacial score (nSPS) is 11.9. The zero-order valence-corrected chi connectivity index (χ0v) is 9.56. The summed E-state index contributed by atoms with van der Waals surface area (Å²) in [6.07, 6.45) is 0.0838. The largest absolute Gasteiger partial charge is 0.492 e. The van der Waals surface area contributed by atoms with E-state index in [2.05, 4.69) is 5.32 Å². The fraction of sp³-hybridized carbons (Fsp3) is 0.417. The Morgan fingerprint density at radius 1 is 1.50 bits per heavy atom. The number of carboxylic acids is 1. The summed E-state index contributed by atoms with van der Waals surface area (Å²) in [7, 11) is 0. The van der Waals surface area contributed by atoms with Gasteiger partial charge in [0.05, 0.1) is 18.7 Å². The van der Waals surface area contributed by atoms with Crippen molar-refractivity contribution in [3.8, 4) is 5.75 Å². The summed E-state index contributed by atoms with van der Waals surface area (Å²) < 4.78 is 5.43. The lowest BCUT2D eigenvalue weighted by Crippen LogP contribution is -2.19. The highest BCUT2D eigenvalue weighted by Gasteiger charge is 2.09. The van der Waals surface area contributed by atoms with Crippen LogP contribution >= 0.6 is 0 Å². The summed E-state index contributed by atoms with van der Waals surface area (Å²) >= 11 is 0. The average Bonchev–Trinajstić information content (AvgIpc) is 2.20. The van der Waals surface area contributed by atoms with Crippen LogP contribution in [0.25, 0.3) is 0 Å². The molecular formula is C12H17NO3. The topological polar surface area (TPSA) is 58.6 Å². The Bertz CT molecular complexity index is 352. The standard InChI is InChI=1S/C12H17NO3/c1-3-16-11-7-5-4-6-10(11)13-9(2)8-12(14)15/h4-7,9,13H,3,8H2,1-2H3,(H,14,15). The maximum atomic E-state index is 10.5. The molecule has 0 aliphatic heterocycles. The molecule has 4 heteroatoms. The highest BCUT2D eigenvalue weighted by atomic mass is 16.5. The number of carbonyl (C=O) groups is 1. The minimum Gasteiger partial charge on any atom is -0.492 e. The molecule has 1 atom stereocenters. The molecular weight excluding hydrogens is 206 g/mol. The summed E-state index contributed by atoms with van der Waals surface area (Å²) in [6, 6.07) is 7.39. The Kier molecular flexibility index (Phi) is 4.64. The van der Waals surface area contributed by atoms with Gasteiger partial charge in [-0.1, -0.05) is 12.1 Å². The highest BCUT2D eigenvalue weighted by molar-refractivity contribution is 5.68. The molecule has 0 aromatic heterocycles. The van der Waals surface area contributed by atoms with Gasteiger partial charge in [-0.2, -0.15) is 0 Å². The van der Waals surface area contributed by atoms with Crippen molar-refractivity contribution in [2.75, 3.05) is 11.9 Å². The Morgan fingerprint density at radius 3 is 2.81 bits per heavy atom. The molecule has 2 N–H and O–H groups in total. The Balaban J connectivity index is 2.68. The van der Waals surface area contributed by atoms with Crippen LogP contribution in [0.2, 0.25) is 0 Å². The van der Waals surface area contributed by atoms with Gasteiger partial charge < -0.3 is 15.2 Å². The van der Waals surface area contributed by atoms with Gasteiger partial charge in [0.15, 0.2) is 0 Å². The Labute approximate surface area is 95.2 Å². The van der Waals surface area contributed by atoms with Crippen molar-refractivity contribution in [2.24, 2.45) is 0 Å². The number of para-hydroxylation sites is 2. The van der Waals surface area contributed by atoms with Crippen LogP contribution in [0.15, 0.2) is 24.3 Å². The van der Waals surface area contributed by atoms with Crippen molar-refractivity contribution in [1.82, 2.24) is 0 Å². The van der Waals surface area contributed by atoms with E-state index in [1.807, 2.05) is 38.1 Å². The van der Waals surface area contributed by atoms with Crippen LogP contribution in [-0.2, 0) is 4.79 Å². The molecule has 0 aliphatic rings. The maximum Gasteiger partial charge on any atom is 0.305 e. The van der Waals surface area contributed by atoms with Crippen molar-refractivity contribution in [3.05, 3.63) is 24.3 Å². The fourth-order valence-corrected chi connectivity index (χ4v) is 1.45. The van der Waals surface area contributed by atoms with Gasteiger partial charge in [-0.15, -0.1) is 0 Å². The van der Waals surface area contributed by atoms with Crippen LogP contribution in [-0.4, -0.2) is 23.7 Å². The SMILES string of the molecule is CCOc1ccccc1NC(C)CC(=O)O. The molecule has 0 amide bonds. The molecule has 0 heterocycles. The number of anilines is 1. The zero-order valence-electron chi connectivity index (χ0n) is 9.56. The third-order valence-electron chi connectivity index (χ3n) is 2.07. The summed E-state index contributed by atoms with van der Waals surface area (Å²) in [5.74, 6) is -0.0591. The number of aliphatic carboxylic acids is 1. The number of rotatable bonds is 6. The van der Waals surface area contributed by atoms with Gasteiger partial charge in [-0.25, -0.2) is 0 Å². The average molecular weight is 223 g/mol. The third-order valence-corrected chi connectivity index (χ3v) is 2.07. The second kappa shape index (κ2) is 6.00. The summed E-state index contributed by atoms with van der Waals surface area (Å²) in [4.78, 5) is 10.5. The number of benzene rings is 1. The molecule has 0 spiro atoms. The van der Waals surface area contributed by atoms with Crippen LogP contribution < -0.4 is 10.1 Å². The fourth-order valence-electron chi connectivity index (χ4n) is 1.45. The van der Waals surface area contributed by atoms with Crippen LogP contribution in [0.1, 0.15) is 20.3 Å². The third kappa shape index (κ3) is 3.81.